The Morgan fingerprint density at radius 3 is 2.00 bits per heavy atom. The van der Waals surface area contributed by atoms with Gasteiger partial charge in [-0.05, 0) is 28.3 Å². The molecule has 0 aliphatic heterocycles. The third-order valence-corrected chi connectivity index (χ3v) is 4.13. The van der Waals surface area contributed by atoms with Crippen molar-refractivity contribution >= 4 is 28.4 Å². The quantitative estimate of drug-likeness (QED) is 0.670. The van der Waals surface area contributed by atoms with Gasteiger partial charge in [0, 0.05) is 11.0 Å². The fraction of sp³-hybridized carbons (Fsp3) is 0.750. The number of carbonyl (C=O) groups excluding carboxylic acids is 1. The van der Waals surface area contributed by atoms with Crippen molar-refractivity contribution in [1.29, 1.82) is 0 Å². The third-order valence-electron chi connectivity index (χ3n) is 3.20. The zero-order valence-corrected chi connectivity index (χ0v) is 11.4. The van der Waals surface area contributed by atoms with E-state index in [0.29, 0.717) is 0 Å². The number of halogens is 2. The van der Waals surface area contributed by atoms with Crippen LogP contribution in [0.15, 0.2) is 11.1 Å². The molecular weight excluding hydrogens is 231 g/mol. The van der Waals surface area contributed by atoms with Gasteiger partial charge in [-0.15, -0.1) is 0 Å². The molecule has 0 radical (unpaired) electrons. The van der Waals surface area contributed by atoms with Gasteiger partial charge in [0.15, 0.2) is 0 Å². The van der Waals surface area contributed by atoms with Crippen LogP contribution in [-0.2, 0) is 4.79 Å². The Hall–Kier alpha value is -0.0100. The largest absolute Gasteiger partial charge is 0.281 e. The monoisotopic (exact) mass is 248 g/mol. The number of hydrogen-bond acceptors (Lipinski definition) is 1. The minimum absolute atomic E-state index is 0.0375. The summed E-state index contributed by atoms with van der Waals surface area (Å²) in [6, 6.07) is 0. The molecule has 2 atom stereocenters. The first-order valence-electron chi connectivity index (χ1n) is 5.15. The minimum Gasteiger partial charge on any atom is -0.281 e. The van der Waals surface area contributed by atoms with Gasteiger partial charge in [-0.1, -0.05) is 52.3 Å². The number of hydrogen-bond donors (Lipinski definition) is 0. The smallest absolute Gasteiger partial charge is 0.225 e. The summed E-state index contributed by atoms with van der Waals surface area (Å²) in [4.78, 5) is 11.2. The van der Waals surface area contributed by atoms with Gasteiger partial charge >= 0.3 is 0 Å². The van der Waals surface area contributed by atoms with Crippen molar-refractivity contribution in [1.82, 2.24) is 0 Å². The van der Waals surface area contributed by atoms with Crippen LogP contribution in [-0.4, -0.2) is 5.24 Å². The number of carbonyl (C=O) groups is 1. The highest BCUT2D eigenvalue weighted by Gasteiger charge is 2.60. The van der Waals surface area contributed by atoms with E-state index in [1.807, 2.05) is 19.9 Å². The molecule has 1 saturated carbocycles. The molecule has 0 aromatic heterocycles. The predicted molar refractivity (Wildman–Crippen MR) is 65.0 cm³/mol. The fourth-order valence-corrected chi connectivity index (χ4v) is 2.38. The van der Waals surface area contributed by atoms with Gasteiger partial charge in [0.25, 0.3) is 0 Å². The van der Waals surface area contributed by atoms with Crippen molar-refractivity contribution in [3.05, 3.63) is 11.1 Å². The molecule has 0 aromatic carbocycles. The van der Waals surface area contributed by atoms with Crippen LogP contribution in [0.25, 0.3) is 0 Å². The van der Waals surface area contributed by atoms with Crippen molar-refractivity contribution in [2.24, 2.45) is 22.7 Å². The Balaban J connectivity index is 2.83. The Bertz CT molecular complexity index is 310. The van der Waals surface area contributed by atoms with Crippen LogP contribution in [0, 0.1) is 22.7 Å². The van der Waals surface area contributed by atoms with Crippen LogP contribution in [0.3, 0.4) is 0 Å². The lowest BCUT2D eigenvalue weighted by Crippen LogP contribution is -2.05. The van der Waals surface area contributed by atoms with E-state index in [9.17, 15) is 4.79 Å². The third kappa shape index (κ3) is 2.57. The van der Waals surface area contributed by atoms with Crippen molar-refractivity contribution < 1.29 is 4.79 Å². The van der Waals surface area contributed by atoms with Crippen LogP contribution < -0.4 is 0 Å². The molecule has 86 valence electrons. The Morgan fingerprint density at radius 2 is 1.73 bits per heavy atom. The lowest BCUT2D eigenvalue weighted by molar-refractivity contribution is -0.113. The standard InChI is InChI=1S/C12H18Cl2O/c1-11(2,3)8(13)6-7-9(10(14)15)12(7,4)5/h6-7,9H,1-5H3/b8-6-. The summed E-state index contributed by atoms with van der Waals surface area (Å²) < 4.78 is 0. The van der Waals surface area contributed by atoms with Gasteiger partial charge in [0.05, 0.1) is 0 Å². The zero-order chi connectivity index (χ0) is 12.0. The van der Waals surface area contributed by atoms with Gasteiger partial charge in [0.2, 0.25) is 5.24 Å². The molecule has 0 heterocycles. The zero-order valence-electron chi connectivity index (χ0n) is 9.90. The highest BCUT2D eigenvalue weighted by Crippen LogP contribution is 2.60. The molecule has 0 saturated heterocycles. The lowest BCUT2D eigenvalue weighted by Gasteiger charge is -2.17. The van der Waals surface area contributed by atoms with Gasteiger partial charge in [-0.25, -0.2) is 0 Å². The van der Waals surface area contributed by atoms with E-state index in [0.717, 1.165) is 5.03 Å². The second-order valence-electron chi connectivity index (χ2n) is 5.89. The van der Waals surface area contributed by atoms with E-state index in [2.05, 4.69) is 20.8 Å². The maximum absolute atomic E-state index is 11.2. The molecule has 1 aliphatic rings. The first-order chi connectivity index (χ1) is 6.58. The first kappa shape index (κ1) is 13.1. The van der Waals surface area contributed by atoms with Crippen LogP contribution in [0.1, 0.15) is 34.6 Å². The normalized spacial score (nSPS) is 30.2. The fourth-order valence-electron chi connectivity index (χ4n) is 1.83. The summed E-state index contributed by atoms with van der Waals surface area (Å²) in [6.07, 6.45) is 1.99. The summed E-state index contributed by atoms with van der Waals surface area (Å²) in [5, 5.41) is 0.556. The lowest BCUT2D eigenvalue weighted by atomic mass is 9.94. The molecule has 0 amide bonds. The van der Waals surface area contributed by atoms with Gasteiger partial charge in [0.1, 0.15) is 0 Å². The van der Waals surface area contributed by atoms with Gasteiger partial charge in [-0.2, -0.15) is 0 Å². The molecule has 1 rings (SSSR count). The Morgan fingerprint density at radius 1 is 1.27 bits per heavy atom. The van der Waals surface area contributed by atoms with E-state index >= 15 is 0 Å². The molecule has 0 N–H and O–H groups in total. The molecule has 1 nitrogen and oxygen atoms in total. The highest BCUT2D eigenvalue weighted by molar-refractivity contribution is 6.64. The molecule has 2 unspecified atom stereocenters. The van der Waals surface area contributed by atoms with Gasteiger partial charge < -0.3 is 0 Å². The summed E-state index contributed by atoms with van der Waals surface area (Å²) >= 11 is 11.7. The number of rotatable bonds is 2. The summed E-state index contributed by atoms with van der Waals surface area (Å²) in [7, 11) is 0. The van der Waals surface area contributed by atoms with Crippen molar-refractivity contribution in [3.8, 4) is 0 Å². The van der Waals surface area contributed by atoms with E-state index in [1.165, 1.54) is 0 Å². The second-order valence-corrected chi connectivity index (χ2v) is 6.67. The summed E-state index contributed by atoms with van der Waals surface area (Å²) in [5.41, 5.74) is -0.0929. The van der Waals surface area contributed by atoms with Crippen molar-refractivity contribution in [2.45, 2.75) is 34.6 Å². The Labute approximate surface area is 102 Å². The predicted octanol–water partition coefficient (Wildman–Crippen LogP) is 4.19. The molecule has 3 heteroatoms. The van der Waals surface area contributed by atoms with Crippen LogP contribution in [0.5, 0.6) is 0 Å². The Kier molecular flexibility index (Phi) is 3.29. The van der Waals surface area contributed by atoms with Crippen LogP contribution in [0.4, 0.5) is 0 Å². The van der Waals surface area contributed by atoms with Crippen LogP contribution in [0.2, 0.25) is 0 Å². The summed E-state index contributed by atoms with van der Waals surface area (Å²) in [6.45, 7) is 10.3. The summed E-state index contributed by atoms with van der Waals surface area (Å²) in [5.74, 6) is 0.115. The molecular formula is C12H18Cl2O. The maximum atomic E-state index is 11.2. The first-order valence-corrected chi connectivity index (χ1v) is 5.91. The minimum atomic E-state index is -0.250. The molecule has 0 aromatic rings. The van der Waals surface area contributed by atoms with E-state index < -0.39 is 0 Å². The SMILES string of the molecule is CC(C)(C)/C(Cl)=C/C1C(C(=O)Cl)C1(C)C. The molecule has 1 fully saturated rings. The molecule has 0 bridgehead atoms. The van der Waals surface area contributed by atoms with Crippen LogP contribution >= 0.6 is 23.2 Å². The van der Waals surface area contributed by atoms with Crippen molar-refractivity contribution in [2.75, 3.05) is 0 Å². The van der Waals surface area contributed by atoms with Crippen molar-refractivity contribution in [3.63, 3.8) is 0 Å². The van der Waals surface area contributed by atoms with Gasteiger partial charge in [-0.3, -0.25) is 4.79 Å². The number of allylic oxidation sites excluding steroid dienone is 2. The average Bonchev–Trinajstić information content (AvgIpc) is 2.50. The highest BCUT2D eigenvalue weighted by atomic mass is 35.5. The molecule has 1 aliphatic carbocycles. The topological polar surface area (TPSA) is 17.1 Å². The van der Waals surface area contributed by atoms with E-state index in [-0.39, 0.29) is 27.9 Å². The van der Waals surface area contributed by atoms with E-state index in [1.54, 1.807) is 0 Å². The average molecular weight is 249 g/mol. The molecule has 15 heavy (non-hydrogen) atoms. The second kappa shape index (κ2) is 3.78. The molecule has 0 spiro atoms. The van der Waals surface area contributed by atoms with E-state index in [4.69, 9.17) is 23.2 Å². The maximum Gasteiger partial charge on any atom is 0.225 e.